The van der Waals surface area contributed by atoms with Crippen LogP contribution in [0.4, 0.5) is 5.69 Å². The summed E-state index contributed by atoms with van der Waals surface area (Å²) >= 11 is 0. The molecule has 2 aromatic carbocycles. The van der Waals surface area contributed by atoms with Gasteiger partial charge >= 0.3 is 0 Å². The number of sulfone groups is 1. The molecule has 2 aromatic rings. The molecule has 0 aromatic heterocycles. The number of rotatable bonds is 5. The maximum absolute atomic E-state index is 13.0. The average Bonchev–Trinajstić information content (AvgIpc) is 2.95. The van der Waals surface area contributed by atoms with Gasteiger partial charge in [-0.2, -0.15) is 0 Å². The Kier molecular flexibility index (Phi) is 5.44. The number of nitrogens with one attached hydrogen (secondary N) is 1. The quantitative estimate of drug-likeness (QED) is 0.838. The number of hydrogen-bond donors (Lipinski definition) is 2. The molecular formula is C20H25N2O3S+. The molecule has 1 aliphatic rings. The van der Waals surface area contributed by atoms with Gasteiger partial charge in [0.25, 0.3) is 5.91 Å². The number of carbonyl (C=O) groups is 1. The lowest BCUT2D eigenvalue weighted by molar-refractivity contribution is -0.710. The van der Waals surface area contributed by atoms with Crippen LogP contribution in [0.3, 0.4) is 0 Å². The first-order valence-corrected chi connectivity index (χ1v) is 10.6. The van der Waals surface area contributed by atoms with E-state index in [0.29, 0.717) is 6.42 Å². The van der Waals surface area contributed by atoms with Gasteiger partial charge in [0.2, 0.25) is 0 Å². The zero-order valence-corrected chi connectivity index (χ0v) is 15.9. The SMILES string of the molecule is Cc1ccc(C)c(NC(=O)[C@@H]([NH2+][C@@H]2CCS(=O)(=O)C2)c2ccccc2)c1. The van der Waals surface area contributed by atoms with Gasteiger partial charge in [-0.1, -0.05) is 42.5 Å². The summed E-state index contributed by atoms with van der Waals surface area (Å²) in [6.45, 7) is 3.94. The fourth-order valence-electron chi connectivity index (χ4n) is 3.34. The Morgan fingerprint density at radius 2 is 1.88 bits per heavy atom. The second-order valence-corrected chi connectivity index (χ2v) is 9.28. The Bertz CT molecular complexity index is 895. The lowest BCUT2D eigenvalue weighted by atomic mass is 10.0. The molecule has 3 N–H and O–H groups in total. The molecule has 138 valence electrons. The first-order chi connectivity index (χ1) is 12.3. The van der Waals surface area contributed by atoms with Crippen LogP contribution in [0.1, 0.15) is 29.2 Å². The third kappa shape index (κ3) is 4.51. The van der Waals surface area contributed by atoms with Crippen LogP contribution in [0.5, 0.6) is 0 Å². The molecule has 0 aliphatic carbocycles. The Morgan fingerprint density at radius 1 is 1.15 bits per heavy atom. The molecule has 2 atom stereocenters. The van der Waals surface area contributed by atoms with Crippen LogP contribution in [0.25, 0.3) is 0 Å². The van der Waals surface area contributed by atoms with Crippen molar-refractivity contribution in [1.82, 2.24) is 0 Å². The molecule has 3 rings (SSSR count). The summed E-state index contributed by atoms with van der Waals surface area (Å²) in [5.41, 5.74) is 3.75. The number of amides is 1. The topological polar surface area (TPSA) is 79.8 Å². The zero-order chi connectivity index (χ0) is 18.7. The van der Waals surface area contributed by atoms with Gasteiger partial charge in [-0.25, -0.2) is 8.42 Å². The maximum Gasteiger partial charge on any atom is 0.287 e. The summed E-state index contributed by atoms with van der Waals surface area (Å²) in [5, 5.41) is 4.93. The summed E-state index contributed by atoms with van der Waals surface area (Å²) < 4.78 is 23.6. The molecule has 6 heteroatoms. The van der Waals surface area contributed by atoms with Crippen molar-refractivity contribution in [1.29, 1.82) is 0 Å². The van der Waals surface area contributed by atoms with Crippen LogP contribution in [0.2, 0.25) is 0 Å². The summed E-state index contributed by atoms with van der Waals surface area (Å²) in [4.78, 5) is 13.0. The molecule has 1 amide bonds. The normalized spacial score (nSPS) is 19.8. The van der Waals surface area contributed by atoms with Gasteiger partial charge in [0, 0.05) is 17.7 Å². The molecule has 0 saturated carbocycles. The van der Waals surface area contributed by atoms with Crippen LogP contribution in [-0.4, -0.2) is 31.9 Å². The van der Waals surface area contributed by atoms with Crippen molar-refractivity contribution in [2.75, 3.05) is 16.8 Å². The predicted octanol–water partition coefficient (Wildman–Crippen LogP) is 1.73. The van der Waals surface area contributed by atoms with Crippen LogP contribution < -0.4 is 10.6 Å². The Balaban J connectivity index is 1.83. The van der Waals surface area contributed by atoms with E-state index in [-0.39, 0.29) is 23.5 Å². The number of quaternary nitrogens is 1. The van der Waals surface area contributed by atoms with E-state index in [4.69, 9.17) is 0 Å². The van der Waals surface area contributed by atoms with E-state index >= 15 is 0 Å². The highest BCUT2D eigenvalue weighted by molar-refractivity contribution is 7.91. The van der Waals surface area contributed by atoms with Crippen LogP contribution >= 0.6 is 0 Å². The summed E-state index contributed by atoms with van der Waals surface area (Å²) in [7, 11) is -2.98. The molecule has 26 heavy (non-hydrogen) atoms. The van der Waals surface area contributed by atoms with Gasteiger partial charge in [0.1, 0.15) is 11.8 Å². The first kappa shape index (κ1) is 18.6. The van der Waals surface area contributed by atoms with Gasteiger partial charge in [0.05, 0.1) is 5.75 Å². The minimum absolute atomic E-state index is 0.0884. The number of hydrogen-bond acceptors (Lipinski definition) is 3. The number of anilines is 1. The summed E-state index contributed by atoms with van der Waals surface area (Å²) in [6.07, 6.45) is 0.586. The smallest absolute Gasteiger partial charge is 0.287 e. The number of nitrogens with two attached hydrogens (primary N) is 1. The Morgan fingerprint density at radius 3 is 2.54 bits per heavy atom. The molecular weight excluding hydrogens is 348 g/mol. The maximum atomic E-state index is 13.0. The minimum Gasteiger partial charge on any atom is -0.329 e. The van der Waals surface area contributed by atoms with E-state index in [2.05, 4.69) is 5.32 Å². The van der Waals surface area contributed by atoms with E-state index in [1.807, 2.05) is 67.7 Å². The third-order valence-electron chi connectivity index (χ3n) is 4.82. The van der Waals surface area contributed by atoms with Crippen molar-refractivity contribution < 1.29 is 18.5 Å². The van der Waals surface area contributed by atoms with E-state index in [0.717, 1.165) is 22.4 Å². The Hall–Kier alpha value is -2.18. The molecule has 1 aliphatic heterocycles. The highest BCUT2D eigenvalue weighted by Gasteiger charge is 2.35. The molecule has 1 saturated heterocycles. The molecule has 0 bridgehead atoms. The summed E-state index contributed by atoms with van der Waals surface area (Å²) in [6, 6.07) is 14.9. The van der Waals surface area contributed by atoms with E-state index in [9.17, 15) is 13.2 Å². The molecule has 0 radical (unpaired) electrons. The molecule has 0 spiro atoms. The summed E-state index contributed by atoms with van der Waals surface area (Å²) in [5.74, 6) is 0.204. The van der Waals surface area contributed by atoms with Gasteiger partial charge in [-0.05, 0) is 31.0 Å². The monoisotopic (exact) mass is 373 g/mol. The lowest BCUT2D eigenvalue weighted by Gasteiger charge is -2.20. The van der Waals surface area contributed by atoms with E-state index < -0.39 is 15.9 Å². The average molecular weight is 373 g/mol. The molecule has 5 nitrogen and oxygen atoms in total. The van der Waals surface area contributed by atoms with Crippen LogP contribution in [0, 0.1) is 13.8 Å². The second-order valence-electron chi connectivity index (χ2n) is 7.05. The molecule has 1 fully saturated rings. The standard InChI is InChI=1S/C20H24N2O3S/c1-14-8-9-15(2)18(12-14)22-20(23)19(16-6-4-3-5-7-16)21-17-10-11-26(24,25)13-17/h3-9,12,17,19,21H,10-11,13H2,1-2H3,(H,22,23)/p+1/t17-,19+/m1/s1. The first-order valence-electron chi connectivity index (χ1n) is 8.82. The van der Waals surface area contributed by atoms with Gasteiger partial charge in [-0.15, -0.1) is 0 Å². The second kappa shape index (κ2) is 7.60. The number of benzene rings is 2. The van der Waals surface area contributed by atoms with Crippen molar-refractivity contribution >= 4 is 21.4 Å². The molecule has 1 heterocycles. The van der Waals surface area contributed by atoms with Gasteiger partial charge in [-0.3, -0.25) is 4.79 Å². The van der Waals surface area contributed by atoms with Crippen molar-refractivity contribution in [2.45, 2.75) is 32.4 Å². The highest BCUT2D eigenvalue weighted by Crippen LogP contribution is 2.19. The van der Waals surface area contributed by atoms with Crippen LogP contribution in [0.15, 0.2) is 48.5 Å². The van der Waals surface area contributed by atoms with Crippen molar-refractivity contribution in [3.05, 3.63) is 65.2 Å². The minimum atomic E-state index is -2.98. The number of carbonyl (C=O) groups excluding carboxylic acids is 1. The number of aryl methyl sites for hydroxylation is 2. The Labute approximate surface area is 154 Å². The largest absolute Gasteiger partial charge is 0.329 e. The van der Waals surface area contributed by atoms with Crippen LogP contribution in [-0.2, 0) is 14.6 Å². The fourth-order valence-corrected chi connectivity index (χ4v) is 5.10. The van der Waals surface area contributed by atoms with Gasteiger partial charge in [0.15, 0.2) is 15.9 Å². The van der Waals surface area contributed by atoms with Crippen molar-refractivity contribution in [3.63, 3.8) is 0 Å². The molecule has 0 unspecified atom stereocenters. The zero-order valence-electron chi connectivity index (χ0n) is 15.1. The van der Waals surface area contributed by atoms with Crippen molar-refractivity contribution in [3.8, 4) is 0 Å². The van der Waals surface area contributed by atoms with Gasteiger partial charge < -0.3 is 10.6 Å². The lowest BCUT2D eigenvalue weighted by Crippen LogP contribution is -2.93. The van der Waals surface area contributed by atoms with Crippen molar-refractivity contribution in [2.24, 2.45) is 0 Å². The van der Waals surface area contributed by atoms with E-state index in [1.54, 1.807) is 0 Å². The third-order valence-corrected chi connectivity index (χ3v) is 6.62. The highest BCUT2D eigenvalue weighted by atomic mass is 32.2. The van der Waals surface area contributed by atoms with E-state index in [1.165, 1.54) is 0 Å². The predicted molar refractivity (Wildman–Crippen MR) is 103 cm³/mol. The fraction of sp³-hybridized carbons (Fsp3) is 0.350.